The van der Waals surface area contributed by atoms with Crippen LogP contribution in [0.4, 0.5) is 11.4 Å². The first kappa shape index (κ1) is 18.6. The molecule has 0 saturated heterocycles. The summed E-state index contributed by atoms with van der Waals surface area (Å²) in [7, 11) is 0. The fourth-order valence-corrected chi connectivity index (χ4v) is 2.89. The van der Waals surface area contributed by atoms with Gasteiger partial charge >= 0.3 is 0 Å². The number of aryl methyl sites for hydroxylation is 1. The Balaban J connectivity index is 1.73. The molecule has 0 unspecified atom stereocenters. The van der Waals surface area contributed by atoms with Crippen molar-refractivity contribution in [3.05, 3.63) is 58.1 Å². The fourth-order valence-electron chi connectivity index (χ4n) is 1.92. The molecule has 2 N–H and O–H groups in total. The molecule has 2 rings (SSSR count). The molecule has 0 aliphatic heterocycles. The zero-order valence-corrected chi connectivity index (χ0v) is 15.3. The van der Waals surface area contributed by atoms with Crippen LogP contribution in [0, 0.1) is 6.92 Å². The number of carbonyl (C=O) groups excluding carboxylic acids is 2. The lowest BCUT2D eigenvalue weighted by Crippen LogP contribution is -2.18. The Morgan fingerprint density at radius 2 is 1.50 bits per heavy atom. The summed E-state index contributed by atoms with van der Waals surface area (Å²) in [6.45, 7) is 1.87. The lowest BCUT2D eigenvalue weighted by atomic mass is 10.2. The Labute approximate surface area is 154 Å². The highest BCUT2D eigenvalue weighted by atomic mass is 35.5. The Morgan fingerprint density at radius 3 is 2.12 bits per heavy atom. The highest BCUT2D eigenvalue weighted by Crippen LogP contribution is 2.20. The Bertz CT molecular complexity index is 736. The summed E-state index contributed by atoms with van der Waals surface area (Å²) in [5, 5.41) is 6.78. The second-order valence-electron chi connectivity index (χ2n) is 5.06. The largest absolute Gasteiger partial charge is 0.325 e. The number of halogens is 2. The Morgan fingerprint density at radius 1 is 0.917 bits per heavy atom. The van der Waals surface area contributed by atoms with Crippen LogP contribution in [-0.2, 0) is 9.59 Å². The molecule has 0 radical (unpaired) electrons. The van der Waals surface area contributed by atoms with Crippen LogP contribution in [-0.4, -0.2) is 23.3 Å². The Kier molecular flexibility index (Phi) is 6.97. The highest BCUT2D eigenvalue weighted by molar-refractivity contribution is 8.00. The minimum absolute atomic E-state index is 0.162. The molecule has 4 nitrogen and oxygen atoms in total. The molecule has 0 bridgehead atoms. The van der Waals surface area contributed by atoms with E-state index in [1.54, 1.807) is 42.5 Å². The van der Waals surface area contributed by atoms with E-state index >= 15 is 0 Å². The van der Waals surface area contributed by atoms with Crippen LogP contribution in [0.2, 0.25) is 10.0 Å². The van der Waals surface area contributed by atoms with Gasteiger partial charge in [-0.3, -0.25) is 9.59 Å². The van der Waals surface area contributed by atoms with Gasteiger partial charge in [0, 0.05) is 21.4 Å². The molecule has 2 aromatic rings. The van der Waals surface area contributed by atoms with Crippen LogP contribution in [0.3, 0.4) is 0 Å². The van der Waals surface area contributed by atoms with E-state index in [-0.39, 0.29) is 23.3 Å². The monoisotopic (exact) mass is 382 g/mol. The number of hydrogen-bond acceptors (Lipinski definition) is 3. The first-order chi connectivity index (χ1) is 11.4. The summed E-state index contributed by atoms with van der Waals surface area (Å²) >= 11 is 12.9. The van der Waals surface area contributed by atoms with E-state index in [9.17, 15) is 9.59 Å². The number of hydrogen-bond donors (Lipinski definition) is 2. The van der Waals surface area contributed by atoms with Gasteiger partial charge in [0.15, 0.2) is 0 Å². The van der Waals surface area contributed by atoms with E-state index < -0.39 is 0 Å². The molecule has 126 valence electrons. The van der Waals surface area contributed by atoms with Crippen molar-refractivity contribution in [1.29, 1.82) is 0 Å². The molecular weight excluding hydrogens is 367 g/mol. The third kappa shape index (κ3) is 6.07. The fraction of sp³-hybridized carbons (Fsp3) is 0.176. The summed E-state index contributed by atoms with van der Waals surface area (Å²) in [6.07, 6.45) is 0. The summed E-state index contributed by atoms with van der Waals surface area (Å²) in [6, 6.07) is 12.1. The number of nitrogens with one attached hydrogen (secondary N) is 2. The maximum absolute atomic E-state index is 11.9. The van der Waals surface area contributed by atoms with Crippen molar-refractivity contribution in [2.45, 2.75) is 6.92 Å². The zero-order valence-electron chi connectivity index (χ0n) is 12.9. The van der Waals surface area contributed by atoms with E-state index in [4.69, 9.17) is 23.2 Å². The molecule has 0 heterocycles. The van der Waals surface area contributed by atoms with Gasteiger partial charge in [0.25, 0.3) is 0 Å². The number of amides is 2. The molecule has 0 aromatic heterocycles. The number of carbonyl (C=O) groups is 2. The molecule has 0 aliphatic rings. The first-order valence-electron chi connectivity index (χ1n) is 7.13. The standard InChI is InChI=1S/C17H16Cl2N2O2S/c1-11-8-13(19)4-7-15(11)21-17(23)10-24-9-16(22)20-14-5-2-12(18)3-6-14/h2-8H,9-10H2,1H3,(H,20,22)(H,21,23). The van der Waals surface area contributed by atoms with E-state index in [2.05, 4.69) is 10.6 Å². The summed E-state index contributed by atoms with van der Waals surface area (Å²) in [5.41, 5.74) is 2.28. The van der Waals surface area contributed by atoms with Gasteiger partial charge in [-0.2, -0.15) is 0 Å². The number of anilines is 2. The number of rotatable bonds is 6. The van der Waals surface area contributed by atoms with Gasteiger partial charge in [-0.25, -0.2) is 0 Å². The van der Waals surface area contributed by atoms with Gasteiger partial charge in [-0.05, 0) is 55.0 Å². The first-order valence-corrected chi connectivity index (χ1v) is 9.04. The van der Waals surface area contributed by atoms with E-state index in [0.717, 1.165) is 11.3 Å². The third-order valence-electron chi connectivity index (χ3n) is 3.06. The minimum Gasteiger partial charge on any atom is -0.325 e. The van der Waals surface area contributed by atoms with Crippen LogP contribution >= 0.6 is 35.0 Å². The van der Waals surface area contributed by atoms with Crippen molar-refractivity contribution in [1.82, 2.24) is 0 Å². The predicted molar refractivity (Wildman–Crippen MR) is 102 cm³/mol. The second kappa shape index (κ2) is 8.97. The van der Waals surface area contributed by atoms with Crippen molar-refractivity contribution >= 4 is 58.2 Å². The molecule has 0 atom stereocenters. The topological polar surface area (TPSA) is 58.2 Å². The van der Waals surface area contributed by atoms with Crippen molar-refractivity contribution in [3.8, 4) is 0 Å². The van der Waals surface area contributed by atoms with Gasteiger partial charge < -0.3 is 10.6 Å². The van der Waals surface area contributed by atoms with Crippen LogP contribution in [0.1, 0.15) is 5.56 Å². The van der Waals surface area contributed by atoms with Crippen LogP contribution in [0.15, 0.2) is 42.5 Å². The molecule has 0 saturated carbocycles. The van der Waals surface area contributed by atoms with Crippen molar-refractivity contribution in [3.63, 3.8) is 0 Å². The summed E-state index contributed by atoms with van der Waals surface area (Å²) in [5.74, 6) is 0.0497. The molecule has 0 aliphatic carbocycles. The third-order valence-corrected chi connectivity index (χ3v) is 4.48. The average Bonchev–Trinajstić information content (AvgIpc) is 2.52. The normalized spacial score (nSPS) is 10.3. The molecule has 0 spiro atoms. The number of benzene rings is 2. The van der Waals surface area contributed by atoms with Crippen LogP contribution in [0.25, 0.3) is 0 Å². The predicted octanol–water partition coefficient (Wildman–Crippen LogP) is 4.61. The van der Waals surface area contributed by atoms with Gasteiger partial charge in [-0.15, -0.1) is 11.8 Å². The lowest BCUT2D eigenvalue weighted by Gasteiger charge is -2.09. The lowest BCUT2D eigenvalue weighted by molar-refractivity contribution is -0.114. The Hall–Kier alpha value is -1.69. The maximum atomic E-state index is 11.9. The molecule has 2 aromatic carbocycles. The smallest absolute Gasteiger partial charge is 0.234 e. The average molecular weight is 383 g/mol. The summed E-state index contributed by atoms with van der Waals surface area (Å²) in [4.78, 5) is 23.7. The SMILES string of the molecule is Cc1cc(Cl)ccc1NC(=O)CSCC(=O)Nc1ccc(Cl)cc1. The number of thioether (sulfide) groups is 1. The highest BCUT2D eigenvalue weighted by Gasteiger charge is 2.08. The zero-order chi connectivity index (χ0) is 17.5. The van der Waals surface area contributed by atoms with Crippen molar-refractivity contribution in [2.24, 2.45) is 0 Å². The van der Waals surface area contributed by atoms with Crippen molar-refractivity contribution in [2.75, 3.05) is 22.1 Å². The van der Waals surface area contributed by atoms with E-state index in [1.165, 1.54) is 11.8 Å². The van der Waals surface area contributed by atoms with E-state index in [0.29, 0.717) is 15.7 Å². The molecule has 7 heteroatoms. The van der Waals surface area contributed by atoms with Crippen LogP contribution < -0.4 is 10.6 Å². The van der Waals surface area contributed by atoms with Crippen molar-refractivity contribution < 1.29 is 9.59 Å². The maximum Gasteiger partial charge on any atom is 0.234 e. The second-order valence-corrected chi connectivity index (χ2v) is 6.91. The minimum atomic E-state index is -0.169. The molecule has 2 amide bonds. The quantitative estimate of drug-likeness (QED) is 0.766. The van der Waals surface area contributed by atoms with Gasteiger partial charge in [0.05, 0.1) is 11.5 Å². The van der Waals surface area contributed by atoms with Gasteiger partial charge in [0.2, 0.25) is 11.8 Å². The van der Waals surface area contributed by atoms with Gasteiger partial charge in [-0.1, -0.05) is 23.2 Å². The molecular formula is C17H16Cl2N2O2S. The molecule has 0 fully saturated rings. The summed E-state index contributed by atoms with van der Waals surface area (Å²) < 4.78 is 0. The van der Waals surface area contributed by atoms with Gasteiger partial charge in [0.1, 0.15) is 0 Å². The van der Waals surface area contributed by atoms with E-state index in [1.807, 2.05) is 6.92 Å². The van der Waals surface area contributed by atoms with Crippen LogP contribution in [0.5, 0.6) is 0 Å². The molecule has 24 heavy (non-hydrogen) atoms.